The molecule has 0 aliphatic carbocycles. The van der Waals surface area contributed by atoms with Gasteiger partial charge in [0.15, 0.2) is 0 Å². The normalized spacial score (nSPS) is 10.5. The molecule has 0 aliphatic heterocycles. The molecule has 0 radical (unpaired) electrons. The molecule has 6 heteroatoms. The van der Waals surface area contributed by atoms with Crippen molar-refractivity contribution in [2.45, 2.75) is 19.4 Å². The summed E-state index contributed by atoms with van der Waals surface area (Å²) in [6.45, 7) is 0.459. The number of aromatic nitrogens is 1. The van der Waals surface area contributed by atoms with Crippen LogP contribution in [0.1, 0.15) is 18.5 Å². The molecular weight excluding hydrogens is 362 g/mol. The molecule has 0 saturated carbocycles. The number of amides is 1. The molecule has 1 aromatic heterocycles. The highest BCUT2D eigenvalue weighted by molar-refractivity contribution is 5.93. The minimum absolute atomic E-state index is 0.0287. The van der Waals surface area contributed by atoms with Crippen molar-refractivity contribution in [2.24, 2.45) is 0 Å². The zero-order chi connectivity index (χ0) is 19.8. The van der Waals surface area contributed by atoms with E-state index in [1.807, 2.05) is 30.3 Å². The number of anilines is 1. The van der Waals surface area contributed by atoms with Crippen LogP contribution in [0.3, 0.4) is 0 Å². The van der Waals surface area contributed by atoms with E-state index in [-0.39, 0.29) is 24.6 Å². The number of rotatable bonds is 8. The fourth-order valence-corrected chi connectivity index (χ4v) is 2.73. The van der Waals surface area contributed by atoms with Crippen LogP contribution in [0.25, 0.3) is 0 Å². The van der Waals surface area contributed by atoms with Gasteiger partial charge in [0.2, 0.25) is 5.91 Å². The minimum Gasteiger partial charge on any atom is -0.494 e. The summed E-state index contributed by atoms with van der Waals surface area (Å²) in [4.78, 5) is 18.3. The van der Waals surface area contributed by atoms with Gasteiger partial charge in [-0.2, -0.15) is 0 Å². The fraction of sp³-hybridized carbons (Fsp3) is 0.182. The first kappa shape index (κ1) is 19.5. The lowest BCUT2D eigenvalue weighted by Crippen LogP contribution is -2.31. The highest BCUT2D eigenvalue weighted by atomic mass is 19.1. The van der Waals surface area contributed by atoms with Crippen molar-refractivity contribution in [1.82, 2.24) is 4.98 Å². The molecule has 3 aromatic rings. The quantitative estimate of drug-likeness (QED) is 0.528. The molecular formula is C22H20F2N2O2. The zero-order valence-electron chi connectivity index (χ0n) is 15.2. The molecule has 0 fully saturated rings. The minimum atomic E-state index is -0.787. The number of para-hydroxylation sites is 1. The third-order valence-electron chi connectivity index (χ3n) is 4.09. The molecule has 0 saturated heterocycles. The highest BCUT2D eigenvalue weighted by Gasteiger charge is 2.20. The summed E-state index contributed by atoms with van der Waals surface area (Å²) < 4.78 is 33.2. The summed E-state index contributed by atoms with van der Waals surface area (Å²) in [5.74, 6) is -1.04. The number of benzene rings is 2. The van der Waals surface area contributed by atoms with Crippen molar-refractivity contribution < 1.29 is 18.3 Å². The molecule has 2 aromatic carbocycles. The van der Waals surface area contributed by atoms with E-state index >= 15 is 0 Å². The Hall–Kier alpha value is -3.28. The van der Waals surface area contributed by atoms with Gasteiger partial charge < -0.3 is 9.64 Å². The van der Waals surface area contributed by atoms with E-state index in [1.54, 1.807) is 24.4 Å². The molecule has 144 valence electrons. The van der Waals surface area contributed by atoms with Gasteiger partial charge in [-0.1, -0.05) is 24.3 Å². The van der Waals surface area contributed by atoms with Crippen LogP contribution in [0.4, 0.5) is 14.5 Å². The predicted octanol–water partition coefficient (Wildman–Crippen LogP) is 4.75. The topological polar surface area (TPSA) is 42.4 Å². The van der Waals surface area contributed by atoms with Crippen LogP contribution in [0.5, 0.6) is 5.75 Å². The molecule has 3 rings (SSSR count). The number of halogens is 2. The Morgan fingerprint density at radius 2 is 1.79 bits per heavy atom. The van der Waals surface area contributed by atoms with E-state index in [4.69, 9.17) is 4.74 Å². The summed E-state index contributed by atoms with van der Waals surface area (Å²) in [6.07, 6.45) is 2.23. The van der Waals surface area contributed by atoms with Gasteiger partial charge in [0.1, 0.15) is 17.4 Å². The summed E-state index contributed by atoms with van der Waals surface area (Å²) >= 11 is 0. The Labute approximate surface area is 162 Å². The van der Waals surface area contributed by atoms with Crippen LogP contribution in [-0.4, -0.2) is 17.5 Å². The largest absolute Gasteiger partial charge is 0.494 e. The van der Waals surface area contributed by atoms with E-state index in [2.05, 4.69) is 4.98 Å². The molecule has 0 bridgehead atoms. The molecule has 1 heterocycles. The Balaban J connectivity index is 1.67. The Bertz CT molecular complexity index is 905. The molecule has 0 unspecified atom stereocenters. The third-order valence-corrected chi connectivity index (χ3v) is 4.09. The lowest BCUT2D eigenvalue weighted by atomic mass is 10.2. The number of hydrogen-bond donors (Lipinski definition) is 0. The standard InChI is InChI=1S/C22H20F2N2O2/c23-17-11-12-21(20(24)15-17)26(16-18-7-4-5-13-25-18)22(27)10-6-14-28-19-8-2-1-3-9-19/h1-5,7-9,11-13,15H,6,10,14,16H2. The fourth-order valence-electron chi connectivity index (χ4n) is 2.73. The number of ether oxygens (including phenoxy) is 1. The maximum atomic E-state index is 14.3. The van der Waals surface area contributed by atoms with Crippen molar-refractivity contribution in [2.75, 3.05) is 11.5 Å². The van der Waals surface area contributed by atoms with E-state index < -0.39 is 11.6 Å². The first-order valence-corrected chi connectivity index (χ1v) is 8.96. The van der Waals surface area contributed by atoms with Crippen molar-refractivity contribution in [1.29, 1.82) is 0 Å². The third kappa shape index (κ3) is 5.36. The second-order valence-corrected chi connectivity index (χ2v) is 6.16. The van der Waals surface area contributed by atoms with Gasteiger partial charge in [-0.05, 0) is 42.8 Å². The Kier molecular flexibility index (Phi) is 6.68. The van der Waals surface area contributed by atoms with Gasteiger partial charge in [-0.25, -0.2) is 8.78 Å². The van der Waals surface area contributed by atoms with Gasteiger partial charge in [-0.3, -0.25) is 9.78 Å². The maximum Gasteiger partial charge on any atom is 0.227 e. The summed E-state index contributed by atoms with van der Waals surface area (Å²) in [5.41, 5.74) is 0.640. The first-order valence-electron chi connectivity index (χ1n) is 8.96. The average molecular weight is 382 g/mol. The lowest BCUT2D eigenvalue weighted by Gasteiger charge is -2.23. The Morgan fingerprint density at radius 3 is 2.50 bits per heavy atom. The average Bonchev–Trinajstić information content (AvgIpc) is 2.71. The van der Waals surface area contributed by atoms with Gasteiger partial charge >= 0.3 is 0 Å². The van der Waals surface area contributed by atoms with Crippen LogP contribution in [0, 0.1) is 11.6 Å². The maximum absolute atomic E-state index is 14.3. The van der Waals surface area contributed by atoms with Crippen molar-refractivity contribution in [3.8, 4) is 5.75 Å². The number of carbonyl (C=O) groups excluding carboxylic acids is 1. The smallest absolute Gasteiger partial charge is 0.227 e. The second kappa shape index (κ2) is 9.60. The predicted molar refractivity (Wildman–Crippen MR) is 103 cm³/mol. The molecule has 4 nitrogen and oxygen atoms in total. The number of pyridine rings is 1. The summed E-state index contributed by atoms with van der Waals surface area (Å²) in [7, 11) is 0. The van der Waals surface area contributed by atoms with Crippen molar-refractivity contribution >= 4 is 11.6 Å². The first-order chi connectivity index (χ1) is 13.6. The molecule has 0 aliphatic rings. The van der Waals surface area contributed by atoms with Crippen LogP contribution in [0.2, 0.25) is 0 Å². The van der Waals surface area contributed by atoms with Crippen LogP contribution in [-0.2, 0) is 11.3 Å². The number of hydrogen-bond acceptors (Lipinski definition) is 3. The van der Waals surface area contributed by atoms with Gasteiger partial charge in [0.05, 0.1) is 24.5 Å². The zero-order valence-corrected chi connectivity index (χ0v) is 15.2. The van der Waals surface area contributed by atoms with E-state index in [0.29, 0.717) is 18.7 Å². The molecule has 0 atom stereocenters. The van der Waals surface area contributed by atoms with Crippen LogP contribution >= 0.6 is 0 Å². The van der Waals surface area contributed by atoms with Crippen molar-refractivity contribution in [3.63, 3.8) is 0 Å². The van der Waals surface area contributed by atoms with Gasteiger partial charge in [-0.15, -0.1) is 0 Å². The molecule has 0 N–H and O–H groups in total. The molecule has 0 spiro atoms. The second-order valence-electron chi connectivity index (χ2n) is 6.16. The highest BCUT2D eigenvalue weighted by Crippen LogP contribution is 2.23. The number of carbonyl (C=O) groups is 1. The molecule has 28 heavy (non-hydrogen) atoms. The van der Waals surface area contributed by atoms with E-state index in [1.165, 1.54) is 11.0 Å². The Morgan fingerprint density at radius 1 is 1.00 bits per heavy atom. The summed E-state index contributed by atoms with van der Waals surface area (Å²) in [6, 6.07) is 17.8. The van der Waals surface area contributed by atoms with Gasteiger partial charge in [0, 0.05) is 18.7 Å². The van der Waals surface area contributed by atoms with Crippen LogP contribution < -0.4 is 9.64 Å². The van der Waals surface area contributed by atoms with E-state index in [0.717, 1.165) is 17.9 Å². The van der Waals surface area contributed by atoms with Crippen LogP contribution in [0.15, 0.2) is 72.9 Å². The van der Waals surface area contributed by atoms with E-state index in [9.17, 15) is 13.6 Å². The SMILES string of the molecule is O=C(CCCOc1ccccc1)N(Cc1ccccn1)c1ccc(F)cc1F. The van der Waals surface area contributed by atoms with Gasteiger partial charge in [0.25, 0.3) is 0 Å². The van der Waals surface area contributed by atoms with Crippen molar-refractivity contribution in [3.05, 3.63) is 90.3 Å². The number of nitrogens with zero attached hydrogens (tertiary/aromatic N) is 2. The molecule has 1 amide bonds. The monoisotopic (exact) mass is 382 g/mol. The summed E-state index contributed by atoms with van der Waals surface area (Å²) in [5, 5.41) is 0. The lowest BCUT2D eigenvalue weighted by molar-refractivity contribution is -0.119.